The Morgan fingerprint density at radius 1 is 0.692 bits per heavy atom. The summed E-state index contributed by atoms with van der Waals surface area (Å²) in [6.45, 7) is 6.14. The smallest absolute Gasteiger partial charge is 0.0463 e. The Kier molecular flexibility index (Phi) is 5.76. The van der Waals surface area contributed by atoms with Crippen molar-refractivity contribution in [1.82, 2.24) is 4.98 Å². The summed E-state index contributed by atoms with van der Waals surface area (Å²) < 4.78 is 0. The van der Waals surface area contributed by atoms with Gasteiger partial charge in [0.2, 0.25) is 0 Å². The Balaban J connectivity index is 0.000000948. The van der Waals surface area contributed by atoms with E-state index in [4.69, 9.17) is 11.8 Å². The van der Waals surface area contributed by atoms with Crippen LogP contribution in [0, 0.1) is 6.92 Å². The topological polar surface area (TPSA) is 15.8 Å². The van der Waals surface area contributed by atoms with Gasteiger partial charge in [0.1, 0.15) is 0 Å². The van der Waals surface area contributed by atoms with Gasteiger partial charge >= 0.3 is 0 Å². The van der Waals surface area contributed by atoms with Crippen molar-refractivity contribution in [2.75, 3.05) is 0 Å². The minimum absolute atomic E-state index is 1.16. The Morgan fingerprint density at radius 2 is 1.15 bits per heavy atom. The fourth-order valence-electron chi connectivity index (χ4n) is 3.35. The summed E-state index contributed by atoms with van der Waals surface area (Å²) in [7, 11) is 0. The highest BCUT2D eigenvalue weighted by Gasteiger charge is 2.29. The number of H-pyrrole nitrogens is 1. The summed E-state index contributed by atoms with van der Waals surface area (Å²) in [5.74, 6) is 0. The molecule has 0 aliphatic heterocycles. The minimum atomic E-state index is -2.11. The van der Waals surface area contributed by atoms with Crippen LogP contribution in [-0.4, -0.2) is 4.98 Å². The van der Waals surface area contributed by atoms with E-state index in [2.05, 4.69) is 96.8 Å². The Bertz CT molecular complexity index is 992. The molecule has 0 unspecified atom stereocenters. The summed E-state index contributed by atoms with van der Waals surface area (Å²) in [6.07, 6.45) is 0. The van der Waals surface area contributed by atoms with Crippen LogP contribution < -0.4 is 15.9 Å². The molecule has 1 nitrogen and oxygen atoms in total. The van der Waals surface area contributed by atoms with E-state index < -0.39 is 6.04 Å². The first kappa shape index (κ1) is 18.6. The Labute approximate surface area is 161 Å². The molecule has 132 valence electrons. The van der Waals surface area contributed by atoms with E-state index in [0.29, 0.717) is 0 Å². The second kappa shape index (κ2) is 8.03. The molecule has 3 heteroatoms. The summed E-state index contributed by atoms with van der Waals surface area (Å²) >= 11 is 6.46. The van der Waals surface area contributed by atoms with Crippen molar-refractivity contribution < 1.29 is 0 Å². The second-order valence-electron chi connectivity index (χ2n) is 5.92. The van der Waals surface area contributed by atoms with Crippen LogP contribution in [0.5, 0.6) is 0 Å². The number of rotatable bonds is 3. The van der Waals surface area contributed by atoms with Gasteiger partial charge in [-0.1, -0.05) is 105 Å². The van der Waals surface area contributed by atoms with Crippen molar-refractivity contribution in [3.8, 4) is 0 Å². The van der Waals surface area contributed by atoms with Gasteiger partial charge < -0.3 is 4.98 Å². The standard InChI is InChI=1S/C21H18NPS.C2H6/c1-16-21(19-14-8-9-15-20(19)22-16)23(24,17-10-4-2-5-11-17)18-12-6-3-7-13-18;1-2/h2-15,22H,1H3;1-2H3. The van der Waals surface area contributed by atoms with E-state index >= 15 is 0 Å². The zero-order valence-corrected chi connectivity index (χ0v) is 17.1. The molecule has 0 aliphatic carbocycles. The monoisotopic (exact) mass is 377 g/mol. The van der Waals surface area contributed by atoms with Gasteiger partial charge in [0.15, 0.2) is 0 Å². The number of para-hydroxylation sites is 1. The molecule has 0 atom stereocenters. The molecule has 1 aromatic heterocycles. The van der Waals surface area contributed by atoms with E-state index in [-0.39, 0.29) is 0 Å². The van der Waals surface area contributed by atoms with Crippen LogP contribution in [0.15, 0.2) is 84.9 Å². The maximum Gasteiger partial charge on any atom is 0.0463 e. The SMILES string of the molecule is CC.Cc1[nH]c2ccccc2c1P(=S)(c1ccccc1)c1ccccc1. The van der Waals surface area contributed by atoms with Gasteiger partial charge in [-0.3, -0.25) is 0 Å². The number of benzene rings is 3. The van der Waals surface area contributed by atoms with Crippen molar-refractivity contribution >= 4 is 44.7 Å². The quantitative estimate of drug-likeness (QED) is 0.482. The predicted molar refractivity (Wildman–Crippen MR) is 120 cm³/mol. The van der Waals surface area contributed by atoms with Crippen LogP contribution in [0.25, 0.3) is 10.9 Å². The van der Waals surface area contributed by atoms with Crippen molar-refractivity contribution in [3.05, 3.63) is 90.6 Å². The molecular formula is C23H24NPS. The van der Waals surface area contributed by atoms with Gasteiger partial charge in [0.05, 0.1) is 0 Å². The number of hydrogen-bond acceptors (Lipinski definition) is 1. The van der Waals surface area contributed by atoms with Gasteiger partial charge in [-0.15, -0.1) is 0 Å². The molecule has 0 bridgehead atoms. The Hall–Kier alpha value is -2.15. The molecule has 1 N–H and O–H groups in total. The summed E-state index contributed by atoms with van der Waals surface area (Å²) in [5.41, 5.74) is 2.33. The van der Waals surface area contributed by atoms with Crippen LogP contribution in [0.1, 0.15) is 19.5 Å². The number of hydrogen-bond donors (Lipinski definition) is 1. The number of fused-ring (bicyclic) bond motifs is 1. The third-order valence-corrected chi connectivity index (χ3v) is 9.48. The van der Waals surface area contributed by atoms with Crippen LogP contribution in [0.3, 0.4) is 0 Å². The maximum absolute atomic E-state index is 6.46. The molecule has 0 spiro atoms. The van der Waals surface area contributed by atoms with Gasteiger partial charge in [-0.25, -0.2) is 0 Å². The minimum Gasteiger partial charge on any atom is -0.358 e. The first-order valence-corrected chi connectivity index (χ1v) is 11.8. The van der Waals surface area contributed by atoms with E-state index in [0.717, 1.165) is 5.52 Å². The van der Waals surface area contributed by atoms with E-state index in [9.17, 15) is 0 Å². The van der Waals surface area contributed by atoms with Crippen LogP contribution in [0.2, 0.25) is 0 Å². The van der Waals surface area contributed by atoms with Gasteiger partial charge in [0, 0.05) is 27.9 Å². The van der Waals surface area contributed by atoms with Gasteiger partial charge in [-0.05, 0) is 23.6 Å². The third-order valence-electron chi connectivity index (χ3n) is 4.41. The van der Waals surface area contributed by atoms with Gasteiger partial charge in [-0.2, -0.15) is 0 Å². The van der Waals surface area contributed by atoms with Crippen molar-refractivity contribution in [1.29, 1.82) is 0 Å². The largest absolute Gasteiger partial charge is 0.358 e. The molecule has 4 aromatic rings. The van der Waals surface area contributed by atoms with Crippen LogP contribution >= 0.6 is 6.04 Å². The zero-order valence-electron chi connectivity index (χ0n) is 15.4. The zero-order chi connectivity index (χ0) is 18.6. The molecule has 4 rings (SSSR count). The molecule has 0 saturated carbocycles. The van der Waals surface area contributed by atoms with Crippen LogP contribution in [-0.2, 0) is 11.8 Å². The number of nitrogens with one attached hydrogen (secondary N) is 1. The van der Waals surface area contributed by atoms with Gasteiger partial charge in [0.25, 0.3) is 0 Å². The summed E-state index contributed by atoms with van der Waals surface area (Å²) in [5, 5.41) is 5.00. The predicted octanol–water partition coefficient (Wildman–Crippen LogP) is 5.26. The number of aromatic nitrogens is 1. The fourth-order valence-corrected chi connectivity index (χ4v) is 7.85. The maximum atomic E-state index is 6.46. The summed E-state index contributed by atoms with van der Waals surface area (Å²) in [4.78, 5) is 3.53. The lowest BCUT2D eigenvalue weighted by molar-refractivity contribution is 1.32. The molecule has 0 saturated heterocycles. The number of aryl methyl sites for hydroxylation is 1. The molecule has 1 heterocycles. The summed E-state index contributed by atoms with van der Waals surface area (Å²) in [6, 6.07) is 27.5. The molecule has 26 heavy (non-hydrogen) atoms. The average Bonchev–Trinajstić information content (AvgIpc) is 3.06. The lowest BCUT2D eigenvalue weighted by atomic mass is 10.2. The van der Waals surface area contributed by atoms with E-state index in [1.54, 1.807) is 0 Å². The second-order valence-corrected chi connectivity index (χ2v) is 10.3. The molecule has 3 aromatic carbocycles. The van der Waals surface area contributed by atoms with Crippen molar-refractivity contribution in [2.45, 2.75) is 20.8 Å². The first-order valence-electron chi connectivity index (χ1n) is 9.00. The molecule has 0 aliphatic rings. The normalized spacial score (nSPS) is 11.0. The van der Waals surface area contributed by atoms with E-state index in [1.807, 2.05) is 13.8 Å². The van der Waals surface area contributed by atoms with Crippen molar-refractivity contribution in [3.63, 3.8) is 0 Å². The highest BCUT2D eigenvalue weighted by Crippen LogP contribution is 2.45. The average molecular weight is 377 g/mol. The van der Waals surface area contributed by atoms with Crippen molar-refractivity contribution in [2.24, 2.45) is 0 Å². The first-order chi connectivity index (χ1) is 12.7. The number of aromatic amines is 1. The lowest BCUT2D eigenvalue weighted by Gasteiger charge is -2.24. The van der Waals surface area contributed by atoms with E-state index in [1.165, 1.54) is 27.0 Å². The Morgan fingerprint density at radius 3 is 1.69 bits per heavy atom. The molecule has 0 amide bonds. The fraction of sp³-hybridized carbons (Fsp3) is 0.130. The molecule has 0 radical (unpaired) electrons. The highest BCUT2D eigenvalue weighted by molar-refractivity contribution is 8.25. The third kappa shape index (κ3) is 3.16. The van der Waals surface area contributed by atoms with Crippen LogP contribution in [0.4, 0.5) is 0 Å². The lowest BCUT2D eigenvalue weighted by Crippen LogP contribution is -2.25. The highest BCUT2D eigenvalue weighted by atomic mass is 32.4. The molecule has 0 fully saturated rings. The molecular weight excluding hydrogens is 353 g/mol.